The van der Waals surface area contributed by atoms with Crippen LogP contribution in [0.1, 0.15) is 48.4 Å². The van der Waals surface area contributed by atoms with Gasteiger partial charge in [-0.2, -0.15) is 26.3 Å². The molecule has 0 saturated carbocycles. The predicted octanol–water partition coefficient (Wildman–Crippen LogP) is 6.18. The maximum absolute atomic E-state index is 13.7. The summed E-state index contributed by atoms with van der Waals surface area (Å²) in [6.07, 6.45) is -6.62. The molecule has 2 aliphatic heterocycles. The second-order valence-corrected chi connectivity index (χ2v) is 10.1. The fourth-order valence-corrected chi connectivity index (χ4v) is 5.27. The highest BCUT2D eigenvalue weighted by molar-refractivity contribution is 5.79. The second-order valence-electron chi connectivity index (χ2n) is 10.1. The van der Waals surface area contributed by atoms with Gasteiger partial charge < -0.3 is 19.9 Å². The van der Waals surface area contributed by atoms with Gasteiger partial charge in [0, 0.05) is 13.1 Å². The molecular formula is C27H30F7N3O2. The van der Waals surface area contributed by atoms with E-state index in [9.17, 15) is 35.5 Å². The van der Waals surface area contributed by atoms with Crippen molar-refractivity contribution in [1.29, 1.82) is 0 Å². The second kappa shape index (κ2) is 11.3. The Balaban J connectivity index is 1.56. The van der Waals surface area contributed by atoms with Gasteiger partial charge in [-0.25, -0.2) is 9.18 Å². The van der Waals surface area contributed by atoms with Crippen molar-refractivity contribution in [3.8, 4) is 0 Å². The molecule has 2 fully saturated rings. The number of amides is 2. The Hall–Kier alpha value is -2.86. The zero-order valence-electron chi connectivity index (χ0n) is 21.3. The number of rotatable bonds is 8. The van der Waals surface area contributed by atoms with Crippen molar-refractivity contribution in [1.82, 2.24) is 15.1 Å². The predicted molar refractivity (Wildman–Crippen MR) is 129 cm³/mol. The van der Waals surface area contributed by atoms with E-state index in [1.807, 2.05) is 0 Å². The van der Waals surface area contributed by atoms with Crippen LogP contribution in [0.4, 0.5) is 35.5 Å². The van der Waals surface area contributed by atoms with Crippen molar-refractivity contribution in [3.63, 3.8) is 0 Å². The van der Waals surface area contributed by atoms with E-state index in [2.05, 4.69) is 10.2 Å². The molecule has 4 rings (SSSR count). The summed E-state index contributed by atoms with van der Waals surface area (Å²) in [5.74, 6) is -0.502. The zero-order valence-corrected chi connectivity index (χ0v) is 21.3. The first-order chi connectivity index (χ1) is 18.3. The van der Waals surface area contributed by atoms with Crippen LogP contribution in [0.25, 0.3) is 0 Å². The summed E-state index contributed by atoms with van der Waals surface area (Å²) in [6, 6.07) is 5.79. The van der Waals surface area contributed by atoms with Crippen LogP contribution < -0.4 is 5.32 Å². The fraction of sp³-hybridized carbons (Fsp3) is 0.519. The third kappa shape index (κ3) is 6.66. The Kier molecular flexibility index (Phi) is 8.46. The Morgan fingerprint density at radius 3 is 2.08 bits per heavy atom. The number of urea groups is 1. The Bertz CT molecular complexity index is 1120. The third-order valence-corrected chi connectivity index (χ3v) is 7.48. The lowest BCUT2D eigenvalue weighted by Crippen LogP contribution is -2.50. The molecule has 214 valence electrons. The summed E-state index contributed by atoms with van der Waals surface area (Å²) >= 11 is 0. The number of nitrogens with one attached hydrogen (secondary N) is 1. The van der Waals surface area contributed by atoms with E-state index in [4.69, 9.17) is 4.74 Å². The van der Waals surface area contributed by atoms with Gasteiger partial charge in [-0.1, -0.05) is 18.6 Å². The smallest absolute Gasteiger partial charge is 0.374 e. The number of benzene rings is 2. The molecule has 0 spiro atoms. The summed E-state index contributed by atoms with van der Waals surface area (Å²) in [6.45, 7) is 3.91. The Morgan fingerprint density at radius 2 is 1.51 bits per heavy atom. The van der Waals surface area contributed by atoms with Gasteiger partial charge in [0.05, 0.1) is 30.4 Å². The minimum atomic E-state index is -4.98. The minimum absolute atomic E-state index is 0.0585. The molecule has 2 atom stereocenters. The topological polar surface area (TPSA) is 44.8 Å². The number of halogens is 7. The number of carbonyl (C=O) groups is 1. The van der Waals surface area contributed by atoms with Crippen molar-refractivity contribution in [2.75, 3.05) is 32.8 Å². The largest absolute Gasteiger partial charge is 0.416 e. The lowest BCUT2D eigenvalue weighted by molar-refractivity contribution is -0.143. The maximum Gasteiger partial charge on any atom is 0.416 e. The van der Waals surface area contributed by atoms with E-state index in [-0.39, 0.29) is 24.3 Å². The van der Waals surface area contributed by atoms with Crippen LogP contribution in [0.3, 0.4) is 0 Å². The van der Waals surface area contributed by atoms with Gasteiger partial charge in [0.15, 0.2) is 0 Å². The highest BCUT2D eigenvalue weighted by Gasteiger charge is 2.50. The van der Waals surface area contributed by atoms with Crippen molar-refractivity contribution >= 4 is 6.03 Å². The van der Waals surface area contributed by atoms with Crippen LogP contribution in [0.15, 0.2) is 42.5 Å². The molecular weight excluding hydrogens is 531 g/mol. The molecule has 2 amide bonds. The summed E-state index contributed by atoms with van der Waals surface area (Å²) in [7, 11) is 0. The highest BCUT2D eigenvalue weighted by Crippen LogP contribution is 2.38. The lowest BCUT2D eigenvalue weighted by Gasteiger charge is -2.36. The Morgan fingerprint density at radius 1 is 0.923 bits per heavy atom. The first kappa shape index (κ1) is 29.1. The van der Waals surface area contributed by atoms with Gasteiger partial charge in [0.25, 0.3) is 0 Å². The van der Waals surface area contributed by atoms with Gasteiger partial charge in [-0.05, 0) is 74.3 Å². The van der Waals surface area contributed by atoms with E-state index in [0.29, 0.717) is 30.8 Å². The van der Waals surface area contributed by atoms with Gasteiger partial charge in [0.1, 0.15) is 11.4 Å². The van der Waals surface area contributed by atoms with Crippen LogP contribution in [0.2, 0.25) is 0 Å². The van der Waals surface area contributed by atoms with Crippen molar-refractivity contribution in [2.45, 2.75) is 56.7 Å². The van der Waals surface area contributed by atoms with E-state index >= 15 is 0 Å². The number of carbonyl (C=O) groups excluding carboxylic acids is 1. The summed E-state index contributed by atoms with van der Waals surface area (Å²) in [5.41, 5.74) is -3.89. The summed E-state index contributed by atoms with van der Waals surface area (Å²) < 4.78 is 99.0. The van der Waals surface area contributed by atoms with E-state index < -0.39 is 47.5 Å². The molecule has 2 aromatic rings. The summed E-state index contributed by atoms with van der Waals surface area (Å²) in [4.78, 5) is 17.0. The average Bonchev–Trinajstić information content (AvgIpc) is 3.12. The molecule has 2 unspecified atom stereocenters. The molecule has 2 heterocycles. The Labute approximate surface area is 221 Å². The molecule has 2 aliphatic rings. The van der Waals surface area contributed by atoms with Gasteiger partial charge in [-0.15, -0.1) is 0 Å². The van der Waals surface area contributed by atoms with E-state index in [1.54, 1.807) is 11.8 Å². The number of hydrogen-bond acceptors (Lipinski definition) is 3. The van der Waals surface area contributed by atoms with Crippen LogP contribution in [-0.2, 0) is 29.2 Å². The molecule has 2 aromatic carbocycles. The van der Waals surface area contributed by atoms with E-state index in [1.165, 1.54) is 30.7 Å². The number of ether oxygens (including phenoxy) is 1. The van der Waals surface area contributed by atoms with Gasteiger partial charge in [0.2, 0.25) is 0 Å². The average molecular weight is 562 g/mol. The fourth-order valence-electron chi connectivity index (χ4n) is 5.27. The molecule has 1 N–H and O–H groups in total. The normalized spacial score (nSPS) is 22.8. The van der Waals surface area contributed by atoms with Crippen molar-refractivity contribution < 1.29 is 40.3 Å². The SMILES string of the molecule is CC1N(CCN2CCCCC2)C(=O)NC1(COCc1cc(C(F)(F)F)cc(C(F)(F)F)c1)c1ccc(F)cc1. The number of nitrogens with zero attached hydrogens (tertiary/aromatic N) is 2. The highest BCUT2D eigenvalue weighted by atomic mass is 19.4. The number of hydrogen-bond donors (Lipinski definition) is 1. The third-order valence-electron chi connectivity index (χ3n) is 7.48. The molecule has 0 radical (unpaired) electrons. The number of alkyl halides is 6. The molecule has 39 heavy (non-hydrogen) atoms. The van der Waals surface area contributed by atoms with Gasteiger partial charge in [-0.3, -0.25) is 0 Å². The van der Waals surface area contributed by atoms with Crippen LogP contribution in [0.5, 0.6) is 0 Å². The quantitative estimate of drug-likeness (QED) is 0.392. The monoisotopic (exact) mass is 561 g/mol. The number of likely N-dealkylation sites (tertiary alicyclic amines) is 1. The van der Waals surface area contributed by atoms with E-state index in [0.717, 1.165) is 25.9 Å². The summed E-state index contributed by atoms with van der Waals surface area (Å²) in [5, 5.41) is 2.91. The first-order valence-corrected chi connectivity index (χ1v) is 12.7. The zero-order chi connectivity index (χ0) is 28.4. The van der Waals surface area contributed by atoms with Gasteiger partial charge >= 0.3 is 18.4 Å². The molecule has 0 aromatic heterocycles. The van der Waals surface area contributed by atoms with Crippen LogP contribution >= 0.6 is 0 Å². The minimum Gasteiger partial charge on any atom is -0.374 e. The van der Waals surface area contributed by atoms with Crippen LogP contribution in [-0.4, -0.2) is 54.7 Å². The van der Waals surface area contributed by atoms with Crippen LogP contribution in [0, 0.1) is 5.82 Å². The standard InChI is InChI=1S/C27H30F7N3O2/c1-18-25(20-5-7-23(28)8-6-20,35-24(38)37(18)12-11-36-9-3-2-4-10-36)17-39-16-19-13-21(26(29,30)31)15-22(14-19)27(32,33)34/h5-8,13-15,18H,2-4,9-12,16-17H2,1H3,(H,35,38). The molecule has 12 heteroatoms. The molecule has 2 saturated heterocycles. The molecule has 0 bridgehead atoms. The number of piperidine rings is 1. The lowest BCUT2D eigenvalue weighted by atomic mass is 9.85. The molecule has 0 aliphatic carbocycles. The molecule has 5 nitrogen and oxygen atoms in total. The first-order valence-electron chi connectivity index (χ1n) is 12.7. The van der Waals surface area contributed by atoms with Crippen molar-refractivity contribution in [2.24, 2.45) is 0 Å². The maximum atomic E-state index is 13.7. The van der Waals surface area contributed by atoms with Crippen molar-refractivity contribution in [3.05, 3.63) is 70.5 Å².